The van der Waals surface area contributed by atoms with Gasteiger partial charge >= 0.3 is 0 Å². The lowest BCUT2D eigenvalue weighted by molar-refractivity contribution is 0.0941. The van der Waals surface area contributed by atoms with Crippen LogP contribution in [-0.2, 0) is 0 Å². The summed E-state index contributed by atoms with van der Waals surface area (Å²) < 4.78 is 0. The summed E-state index contributed by atoms with van der Waals surface area (Å²) in [5, 5.41) is 3.25. The van der Waals surface area contributed by atoms with Crippen LogP contribution in [0.15, 0.2) is 18.2 Å². The van der Waals surface area contributed by atoms with Gasteiger partial charge in [-0.1, -0.05) is 29.9 Å². The highest BCUT2D eigenvalue weighted by atomic mass is 35.5. The van der Waals surface area contributed by atoms with Crippen LogP contribution in [0.4, 0.5) is 0 Å². The van der Waals surface area contributed by atoms with Gasteiger partial charge in [0.15, 0.2) is 0 Å². The first-order chi connectivity index (χ1) is 7.90. The van der Waals surface area contributed by atoms with Gasteiger partial charge < -0.3 is 11.1 Å². The lowest BCUT2D eigenvalue weighted by Crippen LogP contribution is -2.35. The largest absolute Gasteiger partial charge is 0.393 e. The number of carbonyl (C=O) groups excluding carboxylic acids is 1. The Morgan fingerprint density at radius 1 is 1.59 bits per heavy atom. The number of benzene rings is 1. The molecule has 0 aromatic heterocycles. The number of hydrogen-bond donors (Lipinski definition) is 2. The van der Waals surface area contributed by atoms with Gasteiger partial charge in [-0.2, -0.15) is 0 Å². The molecule has 0 aliphatic rings. The molecule has 0 bridgehead atoms. The summed E-state index contributed by atoms with van der Waals surface area (Å²) in [5.41, 5.74) is 6.89. The van der Waals surface area contributed by atoms with Crippen LogP contribution in [0, 0.1) is 6.92 Å². The highest BCUT2D eigenvalue weighted by Gasteiger charge is 2.13. The highest BCUT2D eigenvalue weighted by molar-refractivity contribution is 7.80. The smallest absolute Gasteiger partial charge is 0.253 e. The first kappa shape index (κ1) is 13.9. The predicted molar refractivity (Wildman–Crippen MR) is 74.5 cm³/mol. The first-order valence-electron chi connectivity index (χ1n) is 5.25. The fourth-order valence-electron chi connectivity index (χ4n) is 1.46. The molecule has 1 aromatic carbocycles. The molecule has 0 saturated heterocycles. The molecule has 92 valence electrons. The summed E-state index contributed by atoms with van der Waals surface area (Å²) in [5.74, 6) is -0.209. The monoisotopic (exact) mass is 270 g/mol. The van der Waals surface area contributed by atoms with E-state index in [9.17, 15) is 4.79 Å². The second-order valence-electron chi connectivity index (χ2n) is 4.03. The molecule has 5 heteroatoms. The summed E-state index contributed by atoms with van der Waals surface area (Å²) >= 11 is 10.8. The molecular weight excluding hydrogens is 256 g/mol. The molecule has 1 aromatic rings. The van der Waals surface area contributed by atoms with Crippen LogP contribution < -0.4 is 11.1 Å². The Morgan fingerprint density at radius 3 is 2.76 bits per heavy atom. The molecule has 0 spiro atoms. The van der Waals surface area contributed by atoms with E-state index in [1.807, 2.05) is 19.9 Å². The molecule has 0 saturated carbocycles. The maximum atomic E-state index is 11.9. The molecule has 1 atom stereocenters. The van der Waals surface area contributed by atoms with Crippen LogP contribution >= 0.6 is 23.8 Å². The van der Waals surface area contributed by atoms with Gasteiger partial charge in [0.05, 0.1) is 15.6 Å². The number of aryl methyl sites for hydroxylation is 1. The summed E-state index contributed by atoms with van der Waals surface area (Å²) in [7, 11) is 0. The molecule has 0 aliphatic carbocycles. The maximum absolute atomic E-state index is 11.9. The van der Waals surface area contributed by atoms with Gasteiger partial charge in [-0.25, -0.2) is 0 Å². The topological polar surface area (TPSA) is 55.1 Å². The molecule has 17 heavy (non-hydrogen) atoms. The average Bonchev–Trinajstić information content (AvgIpc) is 2.15. The van der Waals surface area contributed by atoms with Gasteiger partial charge in [0.25, 0.3) is 5.91 Å². The van der Waals surface area contributed by atoms with Crippen molar-refractivity contribution in [3.63, 3.8) is 0 Å². The Kier molecular flexibility index (Phi) is 4.90. The molecule has 0 aliphatic heterocycles. The van der Waals surface area contributed by atoms with E-state index in [4.69, 9.17) is 29.6 Å². The van der Waals surface area contributed by atoms with Crippen LogP contribution in [0.5, 0.6) is 0 Å². The zero-order valence-corrected chi connectivity index (χ0v) is 11.4. The minimum absolute atomic E-state index is 0.0997. The number of thiocarbonyl (C=S) groups is 1. The summed E-state index contributed by atoms with van der Waals surface area (Å²) in [6.07, 6.45) is 0.477. The highest BCUT2D eigenvalue weighted by Crippen LogP contribution is 2.17. The van der Waals surface area contributed by atoms with E-state index in [0.29, 0.717) is 22.0 Å². The second-order valence-corrected chi connectivity index (χ2v) is 4.96. The Bertz CT molecular complexity index is 448. The van der Waals surface area contributed by atoms with E-state index < -0.39 is 0 Å². The Labute approximate surface area is 111 Å². The molecule has 3 nitrogen and oxygen atoms in total. The van der Waals surface area contributed by atoms with Gasteiger partial charge in [-0.3, -0.25) is 4.79 Å². The van der Waals surface area contributed by atoms with Crippen LogP contribution in [0.2, 0.25) is 5.02 Å². The number of nitrogens with one attached hydrogen (secondary N) is 1. The van der Waals surface area contributed by atoms with Gasteiger partial charge in [0.2, 0.25) is 0 Å². The number of carbonyl (C=O) groups is 1. The molecule has 0 fully saturated rings. The van der Waals surface area contributed by atoms with Gasteiger partial charge in [-0.15, -0.1) is 0 Å². The zero-order valence-electron chi connectivity index (χ0n) is 9.79. The molecule has 1 rings (SSSR count). The standard InChI is InChI=1S/C12H15ClN2OS/c1-7-3-4-9(10(13)5-7)12(16)15-8(2)6-11(14)17/h3-5,8H,6H2,1-2H3,(H2,14,17)(H,15,16). The zero-order chi connectivity index (χ0) is 13.0. The second kappa shape index (κ2) is 5.98. The van der Waals surface area contributed by atoms with Crippen LogP contribution in [-0.4, -0.2) is 16.9 Å². The third kappa shape index (κ3) is 4.32. The van der Waals surface area contributed by atoms with Crippen molar-refractivity contribution in [2.24, 2.45) is 5.73 Å². The van der Waals surface area contributed by atoms with E-state index in [-0.39, 0.29) is 11.9 Å². The first-order valence-corrected chi connectivity index (χ1v) is 6.04. The van der Waals surface area contributed by atoms with Crippen molar-refractivity contribution in [2.75, 3.05) is 0 Å². The van der Waals surface area contributed by atoms with Crippen molar-refractivity contribution in [2.45, 2.75) is 26.3 Å². The van der Waals surface area contributed by atoms with Crippen molar-refractivity contribution in [3.8, 4) is 0 Å². The fourth-order valence-corrected chi connectivity index (χ4v) is 2.03. The summed E-state index contributed by atoms with van der Waals surface area (Å²) in [6, 6.07) is 5.21. The number of hydrogen-bond acceptors (Lipinski definition) is 2. The van der Waals surface area contributed by atoms with Crippen molar-refractivity contribution in [1.29, 1.82) is 0 Å². The Hall–Kier alpha value is -1.13. The van der Waals surface area contributed by atoms with Crippen molar-refractivity contribution in [1.82, 2.24) is 5.32 Å². The number of amides is 1. The Balaban J connectivity index is 2.73. The lowest BCUT2D eigenvalue weighted by atomic mass is 10.1. The van der Waals surface area contributed by atoms with E-state index in [2.05, 4.69) is 5.32 Å². The minimum Gasteiger partial charge on any atom is -0.393 e. The molecule has 1 amide bonds. The number of halogens is 1. The van der Waals surface area contributed by atoms with E-state index >= 15 is 0 Å². The summed E-state index contributed by atoms with van der Waals surface area (Å²) in [4.78, 5) is 12.3. The van der Waals surface area contributed by atoms with Gasteiger partial charge in [0.1, 0.15) is 0 Å². The third-order valence-electron chi connectivity index (χ3n) is 2.25. The number of nitrogens with two attached hydrogens (primary N) is 1. The third-order valence-corrected chi connectivity index (χ3v) is 2.73. The van der Waals surface area contributed by atoms with Crippen molar-refractivity contribution in [3.05, 3.63) is 34.3 Å². The van der Waals surface area contributed by atoms with Crippen molar-refractivity contribution < 1.29 is 4.79 Å². The molecule has 3 N–H and O–H groups in total. The van der Waals surface area contributed by atoms with E-state index in [0.717, 1.165) is 5.56 Å². The molecule has 0 heterocycles. The fraction of sp³-hybridized carbons (Fsp3) is 0.333. The quantitative estimate of drug-likeness (QED) is 0.827. The van der Waals surface area contributed by atoms with Crippen LogP contribution in [0.25, 0.3) is 0 Å². The summed E-state index contributed by atoms with van der Waals surface area (Å²) in [6.45, 7) is 3.77. The molecule has 1 unspecified atom stereocenters. The average molecular weight is 271 g/mol. The predicted octanol–water partition coefficient (Wildman–Crippen LogP) is 2.44. The Morgan fingerprint density at radius 2 is 2.24 bits per heavy atom. The lowest BCUT2D eigenvalue weighted by Gasteiger charge is -2.13. The van der Waals surface area contributed by atoms with Gasteiger partial charge in [-0.05, 0) is 31.5 Å². The van der Waals surface area contributed by atoms with Crippen LogP contribution in [0.3, 0.4) is 0 Å². The van der Waals surface area contributed by atoms with Crippen LogP contribution in [0.1, 0.15) is 29.3 Å². The maximum Gasteiger partial charge on any atom is 0.253 e. The SMILES string of the molecule is Cc1ccc(C(=O)NC(C)CC(N)=S)c(Cl)c1. The van der Waals surface area contributed by atoms with Crippen molar-refractivity contribution >= 4 is 34.7 Å². The molecule has 0 radical (unpaired) electrons. The molecular formula is C12H15ClN2OS. The number of rotatable bonds is 4. The van der Waals surface area contributed by atoms with E-state index in [1.54, 1.807) is 12.1 Å². The minimum atomic E-state index is -0.209. The normalized spacial score (nSPS) is 11.9. The van der Waals surface area contributed by atoms with Gasteiger partial charge in [0, 0.05) is 12.5 Å². The van der Waals surface area contributed by atoms with E-state index in [1.165, 1.54) is 0 Å².